The van der Waals surface area contributed by atoms with E-state index in [0.29, 0.717) is 16.9 Å². The van der Waals surface area contributed by atoms with E-state index in [2.05, 4.69) is 10.3 Å². The molecule has 0 N–H and O–H groups in total. The summed E-state index contributed by atoms with van der Waals surface area (Å²) >= 11 is 0. The molecule has 0 aliphatic rings. The largest absolute Gasteiger partial charge is 0.494 e. The van der Waals surface area contributed by atoms with Crippen LogP contribution < -0.4 is 4.74 Å². The van der Waals surface area contributed by atoms with Gasteiger partial charge in [0.1, 0.15) is 11.8 Å². The lowest BCUT2D eigenvalue weighted by Gasteiger charge is -2.10. The third-order valence-electron chi connectivity index (χ3n) is 2.64. The lowest BCUT2D eigenvalue weighted by atomic mass is 10.3. The number of aryl methyl sites for hydroxylation is 1. The minimum absolute atomic E-state index is 0.0314. The monoisotopic (exact) mass is 296 g/mol. The van der Waals surface area contributed by atoms with E-state index in [1.807, 2.05) is 6.07 Å². The summed E-state index contributed by atoms with van der Waals surface area (Å²) in [6.45, 7) is 0.208. The average Bonchev–Trinajstić information content (AvgIpc) is 2.88. The van der Waals surface area contributed by atoms with Gasteiger partial charge in [0.15, 0.2) is 11.4 Å². The molecule has 0 spiro atoms. The van der Waals surface area contributed by atoms with Crippen molar-refractivity contribution in [1.82, 2.24) is 15.0 Å². The van der Waals surface area contributed by atoms with E-state index >= 15 is 0 Å². The van der Waals surface area contributed by atoms with Crippen LogP contribution in [0.15, 0.2) is 30.3 Å². The Bertz CT molecular complexity index is 631. The highest BCUT2D eigenvalue weighted by Gasteiger charge is 2.39. The summed E-state index contributed by atoms with van der Waals surface area (Å²) in [5.41, 5.74) is -1.84. The second-order valence-electron chi connectivity index (χ2n) is 4.13. The number of hydrogen-bond acceptors (Lipinski definition) is 4. The first kappa shape index (κ1) is 14.8. The van der Waals surface area contributed by atoms with Crippen LogP contribution in [0.4, 0.5) is 13.2 Å². The van der Waals surface area contributed by atoms with Crippen molar-refractivity contribution < 1.29 is 17.9 Å². The van der Waals surface area contributed by atoms with Gasteiger partial charge in [0.25, 0.3) is 0 Å². The van der Waals surface area contributed by atoms with E-state index in [0.717, 1.165) is 0 Å². The first-order chi connectivity index (χ1) is 10.0. The number of alkyl halides is 3. The zero-order valence-corrected chi connectivity index (χ0v) is 10.8. The van der Waals surface area contributed by atoms with Crippen LogP contribution in [0.2, 0.25) is 0 Å². The van der Waals surface area contributed by atoms with Crippen LogP contribution in [-0.4, -0.2) is 21.6 Å². The van der Waals surface area contributed by atoms with E-state index in [-0.39, 0.29) is 13.2 Å². The average molecular weight is 296 g/mol. The summed E-state index contributed by atoms with van der Waals surface area (Å²) < 4.78 is 44.5. The zero-order chi connectivity index (χ0) is 15.3. The number of aromatic nitrogens is 3. The van der Waals surface area contributed by atoms with Gasteiger partial charge < -0.3 is 4.74 Å². The number of halogens is 3. The summed E-state index contributed by atoms with van der Waals surface area (Å²) in [6, 6.07) is 10.3. The molecule has 5 nitrogen and oxygen atoms in total. The molecule has 0 aliphatic carbocycles. The second-order valence-corrected chi connectivity index (χ2v) is 4.13. The predicted octanol–water partition coefficient (Wildman–Crippen LogP) is 2.64. The Kier molecular flexibility index (Phi) is 4.42. The summed E-state index contributed by atoms with van der Waals surface area (Å²) in [7, 11) is 0. The van der Waals surface area contributed by atoms with Crippen LogP contribution in [0, 0.1) is 11.3 Å². The number of nitriles is 1. The molecule has 0 saturated heterocycles. The maximum atomic E-state index is 12.8. The van der Waals surface area contributed by atoms with Crippen LogP contribution in [0.1, 0.15) is 17.8 Å². The Hall–Kier alpha value is -2.56. The number of para-hydroxylation sites is 1. The molecule has 0 bridgehead atoms. The molecule has 1 aromatic carbocycles. The fourth-order valence-electron chi connectivity index (χ4n) is 1.75. The van der Waals surface area contributed by atoms with Crippen LogP contribution in [0.3, 0.4) is 0 Å². The molecular weight excluding hydrogens is 285 g/mol. The fraction of sp³-hybridized carbons (Fsp3) is 0.308. The van der Waals surface area contributed by atoms with Gasteiger partial charge in [0.2, 0.25) is 0 Å². The van der Waals surface area contributed by atoms with Crippen molar-refractivity contribution in [1.29, 1.82) is 5.26 Å². The SMILES string of the molecule is N#Cc1nnn(CCCOc2ccccc2)c1C(F)(F)F. The molecule has 0 amide bonds. The molecule has 110 valence electrons. The summed E-state index contributed by atoms with van der Waals surface area (Å²) in [4.78, 5) is 0. The smallest absolute Gasteiger partial charge is 0.436 e. The van der Waals surface area contributed by atoms with E-state index in [1.165, 1.54) is 6.07 Å². The van der Waals surface area contributed by atoms with Crippen molar-refractivity contribution in [2.75, 3.05) is 6.61 Å². The van der Waals surface area contributed by atoms with Crippen LogP contribution >= 0.6 is 0 Å². The first-order valence-corrected chi connectivity index (χ1v) is 6.11. The summed E-state index contributed by atoms with van der Waals surface area (Å²) in [5, 5.41) is 15.2. The van der Waals surface area contributed by atoms with Crippen LogP contribution in [0.5, 0.6) is 5.75 Å². The zero-order valence-electron chi connectivity index (χ0n) is 10.8. The molecule has 1 heterocycles. The molecule has 0 saturated carbocycles. The Morgan fingerprint density at radius 2 is 1.95 bits per heavy atom. The van der Waals surface area contributed by atoms with E-state index < -0.39 is 17.6 Å². The lowest BCUT2D eigenvalue weighted by molar-refractivity contribution is -0.144. The lowest BCUT2D eigenvalue weighted by Crippen LogP contribution is -2.17. The first-order valence-electron chi connectivity index (χ1n) is 6.11. The molecule has 21 heavy (non-hydrogen) atoms. The van der Waals surface area contributed by atoms with Gasteiger partial charge in [-0.05, 0) is 12.1 Å². The second kappa shape index (κ2) is 6.26. The molecule has 0 unspecified atom stereocenters. The molecule has 0 radical (unpaired) electrons. The third kappa shape index (κ3) is 3.72. The minimum atomic E-state index is -4.66. The van der Waals surface area contributed by atoms with Gasteiger partial charge in [0.05, 0.1) is 6.61 Å². The van der Waals surface area contributed by atoms with Crippen molar-refractivity contribution in [2.24, 2.45) is 0 Å². The maximum absolute atomic E-state index is 12.8. The van der Waals surface area contributed by atoms with Gasteiger partial charge >= 0.3 is 6.18 Å². The minimum Gasteiger partial charge on any atom is -0.494 e. The molecule has 0 atom stereocenters. The molecule has 0 fully saturated rings. The predicted molar refractivity (Wildman–Crippen MR) is 66.3 cm³/mol. The summed E-state index contributed by atoms with van der Waals surface area (Å²) in [6.07, 6.45) is -4.35. The van der Waals surface area contributed by atoms with Gasteiger partial charge in [-0.1, -0.05) is 23.4 Å². The topological polar surface area (TPSA) is 63.7 Å². The summed E-state index contributed by atoms with van der Waals surface area (Å²) in [5.74, 6) is 0.643. The molecular formula is C13H11F3N4O. The normalized spacial score (nSPS) is 11.1. The van der Waals surface area contributed by atoms with Gasteiger partial charge in [-0.15, -0.1) is 5.10 Å². The Balaban J connectivity index is 1.95. The number of nitrogens with zero attached hydrogens (tertiary/aromatic N) is 4. The van der Waals surface area contributed by atoms with Gasteiger partial charge in [0, 0.05) is 13.0 Å². The van der Waals surface area contributed by atoms with Gasteiger partial charge in [-0.2, -0.15) is 18.4 Å². The maximum Gasteiger partial charge on any atom is 0.436 e. The van der Waals surface area contributed by atoms with E-state index in [1.54, 1.807) is 24.3 Å². The van der Waals surface area contributed by atoms with Crippen molar-refractivity contribution >= 4 is 0 Å². The number of hydrogen-bond donors (Lipinski definition) is 0. The number of benzene rings is 1. The van der Waals surface area contributed by atoms with Gasteiger partial charge in [-0.25, -0.2) is 4.68 Å². The van der Waals surface area contributed by atoms with Crippen molar-refractivity contribution in [3.8, 4) is 11.8 Å². The molecule has 0 aliphatic heterocycles. The van der Waals surface area contributed by atoms with Crippen molar-refractivity contribution in [3.05, 3.63) is 41.7 Å². The Morgan fingerprint density at radius 1 is 1.24 bits per heavy atom. The van der Waals surface area contributed by atoms with Crippen molar-refractivity contribution in [2.45, 2.75) is 19.1 Å². The van der Waals surface area contributed by atoms with E-state index in [9.17, 15) is 13.2 Å². The Morgan fingerprint density at radius 3 is 2.57 bits per heavy atom. The van der Waals surface area contributed by atoms with Crippen molar-refractivity contribution in [3.63, 3.8) is 0 Å². The standard InChI is InChI=1S/C13H11F3N4O/c14-13(15,16)12-11(9-17)18-19-20(12)7-4-8-21-10-5-2-1-3-6-10/h1-3,5-6H,4,7-8H2. The third-order valence-corrected chi connectivity index (χ3v) is 2.64. The number of ether oxygens (including phenoxy) is 1. The fourth-order valence-corrected chi connectivity index (χ4v) is 1.75. The molecule has 2 aromatic rings. The number of rotatable bonds is 5. The van der Waals surface area contributed by atoms with E-state index in [4.69, 9.17) is 10.00 Å². The highest BCUT2D eigenvalue weighted by molar-refractivity contribution is 5.26. The quantitative estimate of drug-likeness (QED) is 0.796. The van der Waals surface area contributed by atoms with Crippen LogP contribution in [-0.2, 0) is 12.7 Å². The molecule has 2 rings (SSSR count). The van der Waals surface area contributed by atoms with Crippen LogP contribution in [0.25, 0.3) is 0 Å². The molecule has 8 heteroatoms. The van der Waals surface area contributed by atoms with Gasteiger partial charge in [-0.3, -0.25) is 0 Å². The highest BCUT2D eigenvalue weighted by Crippen LogP contribution is 2.30. The highest BCUT2D eigenvalue weighted by atomic mass is 19.4. The Labute approximate surface area is 118 Å². The molecule has 1 aromatic heterocycles.